The SMILES string of the molecule is COc1nc2cc(Br)ccc2cc1Br. The molecule has 1 aromatic heterocycles. The molecule has 4 heteroatoms. The summed E-state index contributed by atoms with van der Waals surface area (Å²) in [5.41, 5.74) is 0.916. The van der Waals surface area contributed by atoms with Gasteiger partial charge in [0.25, 0.3) is 0 Å². The number of hydrogen-bond donors (Lipinski definition) is 0. The van der Waals surface area contributed by atoms with E-state index in [1.807, 2.05) is 24.3 Å². The molecule has 14 heavy (non-hydrogen) atoms. The van der Waals surface area contributed by atoms with Gasteiger partial charge in [0.15, 0.2) is 0 Å². The number of halogens is 2. The van der Waals surface area contributed by atoms with Crippen LogP contribution in [0.15, 0.2) is 33.2 Å². The number of hydrogen-bond acceptors (Lipinski definition) is 2. The Morgan fingerprint density at radius 3 is 2.71 bits per heavy atom. The molecule has 0 aliphatic heterocycles. The third-order valence-electron chi connectivity index (χ3n) is 1.89. The van der Waals surface area contributed by atoms with Crippen LogP contribution in [-0.2, 0) is 0 Å². The molecular weight excluding hydrogens is 310 g/mol. The highest BCUT2D eigenvalue weighted by atomic mass is 79.9. The van der Waals surface area contributed by atoms with Crippen molar-refractivity contribution in [2.75, 3.05) is 7.11 Å². The lowest BCUT2D eigenvalue weighted by Gasteiger charge is -2.04. The maximum atomic E-state index is 5.12. The first-order valence-corrected chi connectivity index (χ1v) is 5.59. The topological polar surface area (TPSA) is 22.1 Å². The molecule has 0 spiro atoms. The Labute approximate surface area is 98.5 Å². The second kappa shape index (κ2) is 3.87. The van der Waals surface area contributed by atoms with Gasteiger partial charge in [-0.05, 0) is 34.1 Å². The van der Waals surface area contributed by atoms with Crippen LogP contribution in [0, 0.1) is 0 Å². The first-order chi connectivity index (χ1) is 6.70. The number of rotatable bonds is 1. The highest BCUT2D eigenvalue weighted by Crippen LogP contribution is 2.28. The van der Waals surface area contributed by atoms with Gasteiger partial charge in [-0.1, -0.05) is 22.0 Å². The molecule has 1 aromatic carbocycles. The molecule has 0 bridgehead atoms. The van der Waals surface area contributed by atoms with E-state index in [9.17, 15) is 0 Å². The average molecular weight is 317 g/mol. The lowest BCUT2D eigenvalue weighted by molar-refractivity contribution is 0.397. The molecular formula is C10H7Br2NO. The zero-order valence-electron chi connectivity index (χ0n) is 7.42. The molecule has 0 unspecified atom stereocenters. The molecule has 0 aliphatic rings. The van der Waals surface area contributed by atoms with Gasteiger partial charge in [0.2, 0.25) is 5.88 Å². The van der Waals surface area contributed by atoms with Crippen LogP contribution in [0.1, 0.15) is 0 Å². The van der Waals surface area contributed by atoms with Crippen LogP contribution in [0.3, 0.4) is 0 Å². The Balaban J connectivity index is 2.73. The van der Waals surface area contributed by atoms with Crippen molar-refractivity contribution in [2.24, 2.45) is 0 Å². The van der Waals surface area contributed by atoms with Crippen molar-refractivity contribution in [3.05, 3.63) is 33.2 Å². The summed E-state index contributed by atoms with van der Waals surface area (Å²) in [6.45, 7) is 0. The molecule has 0 atom stereocenters. The molecule has 0 saturated heterocycles. The van der Waals surface area contributed by atoms with Gasteiger partial charge in [0.1, 0.15) is 0 Å². The van der Waals surface area contributed by atoms with Crippen molar-refractivity contribution in [3.8, 4) is 5.88 Å². The standard InChI is InChI=1S/C10H7Br2NO/c1-14-10-8(12)4-6-2-3-7(11)5-9(6)13-10/h2-5H,1H3. The Morgan fingerprint density at radius 2 is 2.00 bits per heavy atom. The van der Waals surface area contributed by atoms with E-state index in [2.05, 4.69) is 36.8 Å². The molecule has 2 rings (SSSR count). The van der Waals surface area contributed by atoms with Crippen LogP contribution in [-0.4, -0.2) is 12.1 Å². The fourth-order valence-electron chi connectivity index (χ4n) is 1.24. The molecule has 2 aromatic rings. The minimum absolute atomic E-state index is 0.607. The van der Waals surface area contributed by atoms with Crippen molar-refractivity contribution < 1.29 is 4.74 Å². The minimum Gasteiger partial charge on any atom is -0.480 e. The van der Waals surface area contributed by atoms with E-state index >= 15 is 0 Å². The third-order valence-corrected chi connectivity index (χ3v) is 2.96. The second-order valence-corrected chi connectivity index (χ2v) is 4.59. The van der Waals surface area contributed by atoms with Gasteiger partial charge in [-0.2, -0.15) is 0 Å². The smallest absolute Gasteiger partial charge is 0.228 e. The predicted octanol–water partition coefficient (Wildman–Crippen LogP) is 3.77. The molecule has 2 nitrogen and oxygen atoms in total. The Hall–Kier alpha value is -0.610. The molecule has 0 N–H and O–H groups in total. The third kappa shape index (κ3) is 1.77. The number of fused-ring (bicyclic) bond motifs is 1. The highest BCUT2D eigenvalue weighted by Gasteiger charge is 2.04. The van der Waals surface area contributed by atoms with E-state index in [-0.39, 0.29) is 0 Å². The summed E-state index contributed by atoms with van der Waals surface area (Å²) in [5.74, 6) is 0.607. The van der Waals surface area contributed by atoms with E-state index in [0.29, 0.717) is 5.88 Å². The summed E-state index contributed by atoms with van der Waals surface area (Å²) < 4.78 is 7.01. The van der Waals surface area contributed by atoms with Crippen molar-refractivity contribution in [3.63, 3.8) is 0 Å². The Kier molecular flexibility index (Phi) is 2.74. The predicted molar refractivity (Wildman–Crippen MR) is 63.7 cm³/mol. The number of aromatic nitrogens is 1. The van der Waals surface area contributed by atoms with Gasteiger partial charge >= 0.3 is 0 Å². The maximum Gasteiger partial charge on any atom is 0.228 e. The van der Waals surface area contributed by atoms with E-state index in [1.54, 1.807) is 7.11 Å². The van der Waals surface area contributed by atoms with Crippen LogP contribution < -0.4 is 4.74 Å². The number of ether oxygens (including phenoxy) is 1. The lowest BCUT2D eigenvalue weighted by Crippen LogP contribution is -1.89. The summed E-state index contributed by atoms with van der Waals surface area (Å²) in [4.78, 5) is 4.35. The molecule has 0 aliphatic carbocycles. The fourth-order valence-corrected chi connectivity index (χ4v) is 2.09. The first-order valence-electron chi connectivity index (χ1n) is 4.00. The molecule has 0 radical (unpaired) electrons. The van der Waals surface area contributed by atoms with Crippen molar-refractivity contribution >= 4 is 42.8 Å². The lowest BCUT2D eigenvalue weighted by atomic mass is 10.2. The number of benzene rings is 1. The molecule has 0 fully saturated rings. The highest BCUT2D eigenvalue weighted by molar-refractivity contribution is 9.10. The van der Waals surface area contributed by atoms with E-state index in [4.69, 9.17) is 4.74 Å². The van der Waals surface area contributed by atoms with E-state index in [1.165, 1.54) is 0 Å². The number of pyridine rings is 1. The summed E-state index contributed by atoms with van der Waals surface area (Å²) >= 11 is 6.80. The normalized spacial score (nSPS) is 10.5. The summed E-state index contributed by atoms with van der Waals surface area (Å²) in [7, 11) is 1.61. The fraction of sp³-hybridized carbons (Fsp3) is 0.100. The Bertz CT molecular complexity index is 485. The molecule has 0 saturated carbocycles. The summed E-state index contributed by atoms with van der Waals surface area (Å²) in [6, 6.07) is 7.96. The van der Waals surface area contributed by atoms with Crippen LogP contribution in [0.2, 0.25) is 0 Å². The van der Waals surface area contributed by atoms with Gasteiger partial charge in [0, 0.05) is 9.86 Å². The van der Waals surface area contributed by atoms with Gasteiger partial charge in [-0.3, -0.25) is 0 Å². The monoisotopic (exact) mass is 315 g/mol. The van der Waals surface area contributed by atoms with Crippen LogP contribution in [0.4, 0.5) is 0 Å². The molecule has 1 heterocycles. The van der Waals surface area contributed by atoms with E-state index in [0.717, 1.165) is 19.8 Å². The first kappa shape index (κ1) is 9.93. The number of nitrogens with zero attached hydrogens (tertiary/aromatic N) is 1. The van der Waals surface area contributed by atoms with Crippen molar-refractivity contribution in [1.82, 2.24) is 4.98 Å². The van der Waals surface area contributed by atoms with Crippen molar-refractivity contribution in [2.45, 2.75) is 0 Å². The van der Waals surface area contributed by atoms with Crippen LogP contribution >= 0.6 is 31.9 Å². The molecule has 72 valence electrons. The molecule has 0 amide bonds. The largest absolute Gasteiger partial charge is 0.480 e. The van der Waals surface area contributed by atoms with Gasteiger partial charge < -0.3 is 4.74 Å². The van der Waals surface area contributed by atoms with Crippen molar-refractivity contribution in [1.29, 1.82) is 0 Å². The van der Waals surface area contributed by atoms with Crippen LogP contribution in [0.5, 0.6) is 5.88 Å². The van der Waals surface area contributed by atoms with Gasteiger partial charge in [0.05, 0.1) is 17.1 Å². The Morgan fingerprint density at radius 1 is 1.21 bits per heavy atom. The van der Waals surface area contributed by atoms with E-state index < -0.39 is 0 Å². The average Bonchev–Trinajstić information content (AvgIpc) is 2.17. The van der Waals surface area contributed by atoms with Crippen LogP contribution in [0.25, 0.3) is 10.9 Å². The maximum absolute atomic E-state index is 5.12. The summed E-state index contributed by atoms with van der Waals surface area (Å²) in [5, 5.41) is 1.08. The summed E-state index contributed by atoms with van der Waals surface area (Å²) in [6.07, 6.45) is 0. The zero-order chi connectivity index (χ0) is 10.1. The zero-order valence-corrected chi connectivity index (χ0v) is 10.6. The number of methoxy groups -OCH3 is 1. The second-order valence-electron chi connectivity index (χ2n) is 2.82. The quantitative estimate of drug-likeness (QED) is 0.799. The van der Waals surface area contributed by atoms with Gasteiger partial charge in [-0.25, -0.2) is 4.98 Å². The minimum atomic E-state index is 0.607. The van der Waals surface area contributed by atoms with Gasteiger partial charge in [-0.15, -0.1) is 0 Å².